The Balaban J connectivity index is 1.30. The summed E-state index contributed by atoms with van der Waals surface area (Å²) in [5, 5.41) is 7.70. The van der Waals surface area contributed by atoms with Crippen LogP contribution in [-0.2, 0) is 4.79 Å². The lowest BCUT2D eigenvalue weighted by Gasteiger charge is -2.20. The number of carbonyl (C=O) groups excluding carboxylic acids is 2. The third kappa shape index (κ3) is 4.78. The number of nitrogens with zero attached hydrogens (tertiary/aromatic N) is 5. The van der Waals surface area contributed by atoms with Crippen LogP contribution < -0.4 is 10.2 Å². The van der Waals surface area contributed by atoms with Gasteiger partial charge in [-0.15, -0.1) is 5.10 Å². The molecule has 1 fully saturated rings. The van der Waals surface area contributed by atoms with Gasteiger partial charge in [-0.2, -0.15) is 4.99 Å². The van der Waals surface area contributed by atoms with E-state index in [-0.39, 0.29) is 11.7 Å². The number of urea groups is 1. The van der Waals surface area contributed by atoms with Crippen molar-refractivity contribution in [3.8, 4) is 17.1 Å². The number of aliphatic imine (C=N–C) groups is 1. The lowest BCUT2D eigenvalue weighted by Crippen LogP contribution is -2.31. The van der Waals surface area contributed by atoms with Crippen LogP contribution in [0.1, 0.15) is 16.7 Å². The van der Waals surface area contributed by atoms with E-state index < -0.39 is 6.03 Å². The number of amidine groups is 1. The van der Waals surface area contributed by atoms with Crippen LogP contribution in [0.2, 0.25) is 0 Å². The maximum absolute atomic E-state index is 12.7. The number of rotatable bonds is 4. The standard InChI is InChI=1S/C27H24N6O2S/c1-17-7-13-22(14-8-17)32-16-28-25(31-32)20-9-11-21(12-10-20)29-26(35)30-27-33(23(34)15-36-27)24-18(2)5-4-6-19(24)3/h4-14,16H,15H2,1-3H3,(H,29,35). The molecule has 0 unspecified atom stereocenters. The molecule has 0 bridgehead atoms. The second kappa shape index (κ2) is 9.79. The van der Waals surface area contributed by atoms with Gasteiger partial charge in [0.1, 0.15) is 6.33 Å². The molecule has 1 aliphatic heterocycles. The van der Waals surface area contributed by atoms with Crippen molar-refractivity contribution >= 4 is 40.2 Å². The first-order valence-corrected chi connectivity index (χ1v) is 12.4. The summed E-state index contributed by atoms with van der Waals surface area (Å²) in [7, 11) is 0. The minimum atomic E-state index is -0.544. The number of amides is 3. The molecule has 3 aromatic carbocycles. The lowest BCUT2D eigenvalue weighted by molar-refractivity contribution is -0.115. The maximum atomic E-state index is 12.7. The van der Waals surface area contributed by atoms with E-state index >= 15 is 0 Å². The van der Waals surface area contributed by atoms with E-state index in [0.717, 1.165) is 28.1 Å². The van der Waals surface area contributed by atoms with E-state index in [2.05, 4.69) is 20.4 Å². The fraction of sp³-hybridized carbons (Fsp3) is 0.148. The third-order valence-electron chi connectivity index (χ3n) is 5.81. The molecule has 1 aliphatic rings. The first kappa shape index (κ1) is 23.5. The molecule has 0 spiro atoms. The number of para-hydroxylation sites is 1. The molecule has 9 heteroatoms. The average molecular weight is 497 g/mol. The maximum Gasteiger partial charge on any atom is 0.347 e. The van der Waals surface area contributed by atoms with Gasteiger partial charge in [0.2, 0.25) is 5.91 Å². The zero-order valence-corrected chi connectivity index (χ0v) is 20.9. The Morgan fingerprint density at radius 2 is 1.67 bits per heavy atom. The van der Waals surface area contributed by atoms with Crippen molar-refractivity contribution < 1.29 is 9.59 Å². The summed E-state index contributed by atoms with van der Waals surface area (Å²) in [6.45, 7) is 5.92. The Bertz CT molecular complexity index is 1450. The molecule has 1 N–H and O–H groups in total. The minimum absolute atomic E-state index is 0.0918. The van der Waals surface area contributed by atoms with Crippen molar-refractivity contribution in [3.05, 3.63) is 89.7 Å². The molecule has 1 saturated heterocycles. The van der Waals surface area contributed by atoms with E-state index in [4.69, 9.17) is 0 Å². The van der Waals surface area contributed by atoms with E-state index in [1.807, 2.05) is 75.4 Å². The molecule has 1 aromatic heterocycles. The molecule has 0 aliphatic carbocycles. The van der Waals surface area contributed by atoms with Crippen molar-refractivity contribution in [2.75, 3.05) is 16.0 Å². The summed E-state index contributed by atoms with van der Waals surface area (Å²) in [6, 6.07) is 20.5. The highest BCUT2D eigenvalue weighted by Crippen LogP contribution is 2.32. The molecule has 0 saturated carbocycles. The van der Waals surface area contributed by atoms with Gasteiger partial charge < -0.3 is 5.32 Å². The molecular weight excluding hydrogens is 472 g/mol. The highest BCUT2D eigenvalue weighted by atomic mass is 32.2. The van der Waals surface area contributed by atoms with Gasteiger partial charge in [0.05, 0.1) is 17.1 Å². The van der Waals surface area contributed by atoms with Crippen molar-refractivity contribution in [2.45, 2.75) is 20.8 Å². The first-order chi connectivity index (χ1) is 17.4. The van der Waals surface area contributed by atoms with Gasteiger partial charge in [-0.1, -0.05) is 47.7 Å². The van der Waals surface area contributed by atoms with Crippen LogP contribution in [0.5, 0.6) is 0 Å². The van der Waals surface area contributed by atoms with E-state index in [1.54, 1.807) is 23.1 Å². The second-order valence-corrected chi connectivity index (χ2v) is 9.45. The predicted octanol–water partition coefficient (Wildman–Crippen LogP) is 5.53. The Kier molecular flexibility index (Phi) is 6.39. The number of thioether (sulfide) groups is 1. The van der Waals surface area contributed by atoms with E-state index in [1.165, 1.54) is 22.2 Å². The number of carbonyl (C=O) groups is 2. The fourth-order valence-electron chi connectivity index (χ4n) is 3.98. The van der Waals surface area contributed by atoms with Crippen LogP contribution in [0.25, 0.3) is 17.1 Å². The highest BCUT2D eigenvalue weighted by molar-refractivity contribution is 8.15. The topological polar surface area (TPSA) is 92.5 Å². The van der Waals surface area contributed by atoms with Crippen molar-refractivity contribution in [1.82, 2.24) is 14.8 Å². The SMILES string of the molecule is Cc1ccc(-n2cnc(-c3ccc(NC(=O)N=C4SCC(=O)N4c4c(C)cccc4C)cc3)n2)cc1. The largest absolute Gasteiger partial charge is 0.347 e. The molecule has 36 heavy (non-hydrogen) atoms. The summed E-state index contributed by atoms with van der Waals surface area (Å²) in [5.74, 6) is 0.737. The fourth-order valence-corrected chi connectivity index (χ4v) is 4.83. The number of aromatic nitrogens is 3. The average Bonchev–Trinajstić information content (AvgIpc) is 3.48. The molecule has 8 nitrogen and oxygen atoms in total. The van der Waals surface area contributed by atoms with Crippen molar-refractivity contribution in [2.24, 2.45) is 4.99 Å². The highest BCUT2D eigenvalue weighted by Gasteiger charge is 2.32. The third-order valence-corrected chi connectivity index (χ3v) is 6.73. The zero-order valence-electron chi connectivity index (χ0n) is 20.1. The molecule has 4 aromatic rings. The van der Waals surface area contributed by atoms with Gasteiger partial charge in [0.15, 0.2) is 11.0 Å². The summed E-state index contributed by atoms with van der Waals surface area (Å²) in [5.41, 5.74) is 6.20. The molecule has 0 radical (unpaired) electrons. The van der Waals surface area contributed by atoms with E-state index in [9.17, 15) is 9.59 Å². The number of anilines is 2. The van der Waals surface area contributed by atoms with Gasteiger partial charge in [-0.3, -0.25) is 9.69 Å². The first-order valence-electron chi connectivity index (χ1n) is 11.4. The van der Waals surface area contributed by atoms with Gasteiger partial charge in [-0.05, 0) is 68.3 Å². The molecule has 3 amide bonds. The Labute approximate surface area is 213 Å². The monoisotopic (exact) mass is 496 g/mol. The lowest BCUT2D eigenvalue weighted by atomic mass is 10.1. The number of aryl methyl sites for hydroxylation is 3. The van der Waals surface area contributed by atoms with Crippen LogP contribution in [0.3, 0.4) is 0 Å². The molecule has 0 atom stereocenters. The quantitative estimate of drug-likeness (QED) is 0.401. The van der Waals surface area contributed by atoms with Gasteiger partial charge in [0.25, 0.3) is 0 Å². The molecular formula is C27H24N6O2S. The number of benzene rings is 3. The van der Waals surface area contributed by atoms with Crippen molar-refractivity contribution in [3.63, 3.8) is 0 Å². The zero-order chi connectivity index (χ0) is 25.2. The van der Waals surface area contributed by atoms with Gasteiger partial charge >= 0.3 is 6.03 Å². The number of hydrogen-bond acceptors (Lipinski definition) is 5. The summed E-state index contributed by atoms with van der Waals surface area (Å²) < 4.78 is 1.73. The predicted molar refractivity (Wildman–Crippen MR) is 144 cm³/mol. The molecule has 5 rings (SSSR count). The molecule has 2 heterocycles. The smallest absolute Gasteiger partial charge is 0.306 e. The van der Waals surface area contributed by atoms with Gasteiger partial charge in [0, 0.05) is 11.3 Å². The second-order valence-electron chi connectivity index (χ2n) is 8.51. The summed E-state index contributed by atoms with van der Waals surface area (Å²) >= 11 is 1.26. The Morgan fingerprint density at radius 1 is 0.972 bits per heavy atom. The molecule has 180 valence electrons. The minimum Gasteiger partial charge on any atom is -0.306 e. The van der Waals surface area contributed by atoms with Crippen molar-refractivity contribution in [1.29, 1.82) is 0 Å². The summed E-state index contributed by atoms with van der Waals surface area (Å²) in [6.07, 6.45) is 1.67. The van der Waals surface area contributed by atoms with Crippen LogP contribution in [0.15, 0.2) is 78.0 Å². The summed E-state index contributed by atoms with van der Waals surface area (Å²) in [4.78, 5) is 35.4. The Hall–Kier alpha value is -4.24. The normalized spacial score (nSPS) is 14.5. The van der Waals surface area contributed by atoms with E-state index in [0.29, 0.717) is 16.7 Å². The van der Waals surface area contributed by atoms with Crippen LogP contribution in [0.4, 0.5) is 16.2 Å². The van der Waals surface area contributed by atoms with Crippen LogP contribution in [0, 0.1) is 20.8 Å². The van der Waals surface area contributed by atoms with Crippen LogP contribution in [-0.4, -0.2) is 37.6 Å². The van der Waals surface area contributed by atoms with Gasteiger partial charge in [-0.25, -0.2) is 14.5 Å². The van der Waals surface area contributed by atoms with Crippen LogP contribution >= 0.6 is 11.8 Å². The number of nitrogens with one attached hydrogen (secondary N) is 1. The Morgan fingerprint density at radius 3 is 2.36 bits per heavy atom. The number of hydrogen-bond donors (Lipinski definition) is 1.